The van der Waals surface area contributed by atoms with Gasteiger partial charge in [0.05, 0.1) is 29.6 Å². The van der Waals surface area contributed by atoms with Crippen LogP contribution in [0.3, 0.4) is 0 Å². The van der Waals surface area contributed by atoms with Crippen LogP contribution in [0.4, 0.5) is 0 Å². The summed E-state index contributed by atoms with van der Waals surface area (Å²) in [6.07, 6.45) is -0.0531. The van der Waals surface area contributed by atoms with Gasteiger partial charge in [0.15, 0.2) is 0 Å². The van der Waals surface area contributed by atoms with Gasteiger partial charge in [-0.25, -0.2) is 4.63 Å². The van der Waals surface area contributed by atoms with Gasteiger partial charge >= 0.3 is 0 Å². The lowest BCUT2D eigenvalue weighted by molar-refractivity contribution is -0.138. The number of halogens is 2. The normalized spacial score (nSPS) is 18.2. The number of nitrogens with zero attached hydrogens (tertiary/aromatic N) is 3. The molecule has 1 saturated heterocycles. The van der Waals surface area contributed by atoms with Crippen molar-refractivity contribution in [2.24, 2.45) is 0 Å². The molecule has 1 amide bonds. The van der Waals surface area contributed by atoms with E-state index >= 15 is 0 Å². The SMILES string of the molecule is Cc1nonc1CC(=O)N1CCO[C@@H](c2ccc(Cl)c(Cl)c2)C1. The molecular weight excluding hydrogens is 341 g/mol. The van der Waals surface area contributed by atoms with Crippen molar-refractivity contribution >= 4 is 29.1 Å². The predicted molar refractivity (Wildman–Crippen MR) is 84.5 cm³/mol. The molecule has 0 unspecified atom stereocenters. The highest BCUT2D eigenvalue weighted by Gasteiger charge is 2.26. The predicted octanol–water partition coefficient (Wildman–Crippen LogP) is 2.83. The Morgan fingerprint density at radius 1 is 1.35 bits per heavy atom. The molecule has 1 aromatic carbocycles. The monoisotopic (exact) mass is 355 g/mol. The molecule has 1 aliphatic rings. The Labute approximate surface area is 143 Å². The van der Waals surface area contributed by atoms with Crippen molar-refractivity contribution < 1.29 is 14.2 Å². The topological polar surface area (TPSA) is 68.5 Å². The van der Waals surface area contributed by atoms with Gasteiger partial charge in [-0.1, -0.05) is 39.6 Å². The number of morpholine rings is 1. The number of carbonyl (C=O) groups is 1. The van der Waals surface area contributed by atoms with Crippen LogP contribution in [0.2, 0.25) is 10.0 Å². The minimum atomic E-state index is -0.223. The zero-order chi connectivity index (χ0) is 16.4. The third kappa shape index (κ3) is 3.65. The van der Waals surface area contributed by atoms with E-state index < -0.39 is 0 Å². The quantitative estimate of drug-likeness (QED) is 0.846. The molecule has 23 heavy (non-hydrogen) atoms. The van der Waals surface area contributed by atoms with Crippen molar-refractivity contribution in [1.29, 1.82) is 0 Å². The second-order valence-corrected chi connectivity index (χ2v) is 6.16. The number of amides is 1. The molecule has 2 aromatic rings. The number of ether oxygens (including phenoxy) is 1. The van der Waals surface area contributed by atoms with E-state index in [9.17, 15) is 4.79 Å². The number of carbonyl (C=O) groups excluding carboxylic acids is 1. The van der Waals surface area contributed by atoms with Gasteiger partial charge in [-0.15, -0.1) is 0 Å². The molecule has 1 aromatic heterocycles. The highest BCUT2D eigenvalue weighted by Crippen LogP contribution is 2.29. The Hall–Kier alpha value is -1.63. The fourth-order valence-electron chi connectivity index (χ4n) is 2.46. The Morgan fingerprint density at radius 3 is 2.87 bits per heavy atom. The molecule has 2 heterocycles. The highest BCUT2D eigenvalue weighted by atomic mass is 35.5. The molecule has 0 bridgehead atoms. The van der Waals surface area contributed by atoms with Crippen molar-refractivity contribution in [3.05, 3.63) is 45.2 Å². The maximum Gasteiger partial charge on any atom is 0.228 e. The minimum absolute atomic E-state index is 0.0304. The Kier molecular flexibility index (Phi) is 4.84. The van der Waals surface area contributed by atoms with Crippen molar-refractivity contribution in [2.75, 3.05) is 19.7 Å². The third-order valence-electron chi connectivity index (χ3n) is 3.80. The van der Waals surface area contributed by atoms with Gasteiger partial charge in [-0.3, -0.25) is 4.79 Å². The summed E-state index contributed by atoms with van der Waals surface area (Å²) in [5, 5.41) is 8.41. The number of hydrogen-bond acceptors (Lipinski definition) is 5. The fourth-order valence-corrected chi connectivity index (χ4v) is 2.76. The van der Waals surface area contributed by atoms with Gasteiger partial charge in [0.2, 0.25) is 5.91 Å². The fraction of sp³-hybridized carbons (Fsp3) is 0.400. The van der Waals surface area contributed by atoms with Crippen LogP contribution in [0.15, 0.2) is 22.8 Å². The molecule has 0 N–H and O–H groups in total. The van der Waals surface area contributed by atoms with E-state index in [1.54, 1.807) is 24.0 Å². The molecule has 1 aliphatic heterocycles. The van der Waals surface area contributed by atoms with Crippen molar-refractivity contribution in [3.63, 3.8) is 0 Å². The standard InChI is InChI=1S/C15H15Cl2N3O3/c1-9-13(19-23-18-9)7-15(21)20-4-5-22-14(8-20)10-2-3-11(16)12(17)6-10/h2-3,6,14H,4-5,7-8H2,1H3/t14-/m1/s1. The molecule has 0 radical (unpaired) electrons. The molecule has 122 valence electrons. The van der Waals surface area contributed by atoms with E-state index in [1.165, 1.54) is 0 Å². The van der Waals surface area contributed by atoms with Gasteiger partial charge in [0, 0.05) is 6.54 Å². The first kappa shape index (κ1) is 16.2. The first-order valence-corrected chi connectivity index (χ1v) is 7.92. The molecular formula is C15H15Cl2N3O3. The van der Waals surface area contributed by atoms with E-state index in [0.717, 1.165) is 5.56 Å². The maximum absolute atomic E-state index is 12.4. The number of benzene rings is 1. The largest absolute Gasteiger partial charge is 0.370 e. The number of rotatable bonds is 3. The van der Waals surface area contributed by atoms with Crippen LogP contribution in [0.5, 0.6) is 0 Å². The number of hydrogen-bond donors (Lipinski definition) is 0. The number of aromatic nitrogens is 2. The van der Waals surface area contributed by atoms with Gasteiger partial charge in [0.1, 0.15) is 17.5 Å². The molecule has 0 saturated carbocycles. The lowest BCUT2D eigenvalue weighted by Crippen LogP contribution is -2.43. The molecule has 1 atom stereocenters. The van der Waals surface area contributed by atoms with Crippen molar-refractivity contribution in [2.45, 2.75) is 19.4 Å². The van der Waals surface area contributed by atoms with Crippen LogP contribution in [0.25, 0.3) is 0 Å². The Bertz CT molecular complexity index is 720. The van der Waals surface area contributed by atoms with Crippen molar-refractivity contribution in [1.82, 2.24) is 15.2 Å². The highest BCUT2D eigenvalue weighted by molar-refractivity contribution is 6.42. The first-order chi connectivity index (χ1) is 11.0. The van der Waals surface area contributed by atoms with E-state index in [1.807, 2.05) is 6.07 Å². The average Bonchev–Trinajstić information content (AvgIpc) is 2.95. The zero-order valence-electron chi connectivity index (χ0n) is 12.5. The van der Waals surface area contributed by atoms with Gasteiger partial charge in [-0.05, 0) is 24.6 Å². The Morgan fingerprint density at radius 2 is 2.17 bits per heavy atom. The summed E-state index contributed by atoms with van der Waals surface area (Å²) < 4.78 is 10.4. The molecule has 8 heteroatoms. The van der Waals surface area contributed by atoms with Gasteiger partial charge in [0.25, 0.3) is 0 Å². The molecule has 0 aliphatic carbocycles. The van der Waals surface area contributed by atoms with Crippen LogP contribution in [0.1, 0.15) is 23.1 Å². The van der Waals surface area contributed by atoms with Crippen LogP contribution < -0.4 is 0 Å². The minimum Gasteiger partial charge on any atom is -0.370 e. The van der Waals surface area contributed by atoms with Crippen LogP contribution in [0, 0.1) is 6.92 Å². The van der Waals surface area contributed by atoms with E-state index in [2.05, 4.69) is 14.9 Å². The average molecular weight is 356 g/mol. The van der Waals surface area contributed by atoms with Gasteiger partial charge < -0.3 is 9.64 Å². The van der Waals surface area contributed by atoms with E-state index in [4.69, 9.17) is 27.9 Å². The summed E-state index contributed by atoms with van der Waals surface area (Å²) in [5.74, 6) is -0.0304. The zero-order valence-corrected chi connectivity index (χ0v) is 14.0. The summed E-state index contributed by atoms with van der Waals surface area (Å²) >= 11 is 12.0. The summed E-state index contributed by atoms with van der Waals surface area (Å²) in [4.78, 5) is 14.2. The molecule has 6 nitrogen and oxygen atoms in total. The molecule has 1 fully saturated rings. The second kappa shape index (κ2) is 6.86. The second-order valence-electron chi connectivity index (χ2n) is 5.35. The molecule has 3 rings (SSSR count). The molecule has 0 spiro atoms. The lowest BCUT2D eigenvalue weighted by atomic mass is 10.1. The first-order valence-electron chi connectivity index (χ1n) is 7.17. The summed E-state index contributed by atoms with van der Waals surface area (Å²) in [6.45, 7) is 3.23. The van der Waals surface area contributed by atoms with E-state index in [0.29, 0.717) is 41.1 Å². The lowest BCUT2D eigenvalue weighted by Gasteiger charge is -2.33. The maximum atomic E-state index is 12.4. The van der Waals surface area contributed by atoms with Crippen LogP contribution >= 0.6 is 23.2 Å². The van der Waals surface area contributed by atoms with Crippen LogP contribution in [-0.4, -0.2) is 40.8 Å². The summed E-state index contributed by atoms with van der Waals surface area (Å²) in [6, 6.07) is 5.36. The van der Waals surface area contributed by atoms with Crippen LogP contribution in [-0.2, 0) is 16.0 Å². The Balaban J connectivity index is 1.69. The summed E-state index contributed by atoms with van der Waals surface area (Å²) in [7, 11) is 0. The van der Waals surface area contributed by atoms with E-state index in [-0.39, 0.29) is 18.4 Å². The number of aryl methyl sites for hydroxylation is 1. The van der Waals surface area contributed by atoms with Crippen molar-refractivity contribution in [3.8, 4) is 0 Å². The van der Waals surface area contributed by atoms with Gasteiger partial charge in [-0.2, -0.15) is 0 Å². The summed E-state index contributed by atoms with van der Waals surface area (Å²) in [5.41, 5.74) is 2.09. The smallest absolute Gasteiger partial charge is 0.228 e. The third-order valence-corrected chi connectivity index (χ3v) is 4.54.